The Hall–Kier alpha value is -2.54. The van der Waals surface area contributed by atoms with Crippen molar-refractivity contribution in [1.29, 1.82) is 0 Å². The van der Waals surface area contributed by atoms with Gasteiger partial charge in [0.25, 0.3) is 5.56 Å². The van der Waals surface area contributed by atoms with Gasteiger partial charge in [0.1, 0.15) is 5.82 Å². The molecule has 0 amide bonds. The number of thiazole rings is 1. The van der Waals surface area contributed by atoms with Gasteiger partial charge >= 0.3 is 0 Å². The molecule has 4 rings (SSSR count). The van der Waals surface area contributed by atoms with Crippen molar-refractivity contribution in [3.63, 3.8) is 0 Å². The van der Waals surface area contributed by atoms with Crippen molar-refractivity contribution in [3.8, 4) is 0 Å². The summed E-state index contributed by atoms with van der Waals surface area (Å²) in [7, 11) is 0. The van der Waals surface area contributed by atoms with E-state index in [0.29, 0.717) is 20.3 Å². The quantitative estimate of drug-likeness (QED) is 0.498. The zero-order valence-corrected chi connectivity index (χ0v) is 15.9. The lowest BCUT2D eigenvalue weighted by atomic mass is 10.2. The molecule has 0 radical (unpaired) electrons. The molecule has 0 aliphatic heterocycles. The highest BCUT2D eigenvalue weighted by atomic mass is 35.5. The second-order valence-corrected chi connectivity index (χ2v) is 7.45. The highest BCUT2D eigenvalue weighted by Gasteiger charge is 2.11. The molecule has 4 nitrogen and oxygen atoms in total. The van der Waals surface area contributed by atoms with Crippen LogP contribution in [0.3, 0.4) is 0 Å². The summed E-state index contributed by atoms with van der Waals surface area (Å²) < 4.78 is 15.4. The Morgan fingerprint density at radius 2 is 1.85 bits per heavy atom. The van der Waals surface area contributed by atoms with E-state index in [4.69, 9.17) is 23.2 Å². The minimum atomic E-state index is -0.493. The molecule has 0 aliphatic carbocycles. The summed E-state index contributed by atoms with van der Waals surface area (Å²) in [5.41, 5.74) is 0.736. The second-order valence-electron chi connectivity index (χ2n) is 5.60. The van der Waals surface area contributed by atoms with Crippen LogP contribution in [0.2, 0.25) is 10.0 Å². The Balaban J connectivity index is 1.71. The summed E-state index contributed by atoms with van der Waals surface area (Å²) in [4.78, 5) is 17.3. The van der Waals surface area contributed by atoms with Gasteiger partial charge < -0.3 is 0 Å². The molecule has 2 aromatic carbocycles. The highest BCUT2D eigenvalue weighted by Crippen LogP contribution is 2.19. The third-order valence-corrected chi connectivity index (χ3v) is 5.31. The Labute approximate surface area is 166 Å². The maximum absolute atomic E-state index is 13.9. The van der Waals surface area contributed by atoms with E-state index in [1.807, 2.05) is 18.2 Å². The second kappa shape index (κ2) is 7.23. The molecular weight excluding hydrogens is 408 g/mol. The van der Waals surface area contributed by atoms with Crippen LogP contribution in [0, 0.1) is 5.82 Å². The Morgan fingerprint density at radius 3 is 2.56 bits per heavy atom. The first-order valence-corrected chi connectivity index (χ1v) is 9.37. The van der Waals surface area contributed by atoms with Crippen molar-refractivity contribution in [2.24, 2.45) is 0 Å². The fourth-order valence-corrected chi connectivity index (χ4v) is 3.68. The third kappa shape index (κ3) is 3.64. The van der Waals surface area contributed by atoms with Gasteiger partial charge in [0, 0.05) is 10.6 Å². The molecule has 0 N–H and O–H groups in total. The standard InChI is InChI=1S/C19H10Cl2FN3OS/c20-12-7-4-11(5-8-12)6-9-17-23-19-25(24-17)18(26)16(27-19)10-13-14(21)2-1-3-15(13)22/h1-10H. The van der Waals surface area contributed by atoms with Crippen LogP contribution in [0.5, 0.6) is 0 Å². The number of nitrogens with zero attached hydrogens (tertiary/aromatic N) is 3. The first kappa shape index (κ1) is 17.9. The van der Waals surface area contributed by atoms with Gasteiger partial charge in [-0.3, -0.25) is 4.79 Å². The predicted octanol–water partition coefficient (Wildman–Crippen LogP) is 4.32. The van der Waals surface area contributed by atoms with Gasteiger partial charge in [-0.2, -0.15) is 9.50 Å². The fourth-order valence-electron chi connectivity index (χ4n) is 2.44. The zero-order chi connectivity index (χ0) is 19.0. The molecule has 0 unspecified atom stereocenters. The van der Waals surface area contributed by atoms with Crippen LogP contribution in [0.15, 0.2) is 47.3 Å². The Bertz CT molecular complexity index is 1260. The van der Waals surface area contributed by atoms with Crippen molar-refractivity contribution in [2.75, 3.05) is 0 Å². The molecule has 0 saturated carbocycles. The van der Waals surface area contributed by atoms with Crippen molar-refractivity contribution in [1.82, 2.24) is 14.6 Å². The van der Waals surface area contributed by atoms with E-state index in [0.717, 1.165) is 16.9 Å². The maximum atomic E-state index is 13.9. The lowest BCUT2D eigenvalue weighted by Crippen LogP contribution is -2.23. The average molecular weight is 418 g/mol. The van der Waals surface area contributed by atoms with Gasteiger partial charge in [0.05, 0.1) is 9.55 Å². The number of aromatic nitrogens is 3. The molecular formula is C19H10Cl2FN3OS. The molecule has 27 heavy (non-hydrogen) atoms. The van der Waals surface area contributed by atoms with Crippen LogP contribution < -0.4 is 10.1 Å². The number of halogens is 3. The molecule has 2 heterocycles. The van der Waals surface area contributed by atoms with Crippen LogP contribution in [0.1, 0.15) is 17.0 Å². The molecule has 0 bridgehead atoms. The van der Waals surface area contributed by atoms with Crippen LogP contribution >= 0.6 is 34.5 Å². The maximum Gasteiger partial charge on any atom is 0.291 e. The fraction of sp³-hybridized carbons (Fsp3) is 0. The van der Waals surface area contributed by atoms with Crippen molar-refractivity contribution in [3.05, 3.63) is 90.2 Å². The summed E-state index contributed by atoms with van der Waals surface area (Å²) in [6, 6.07) is 11.7. The average Bonchev–Trinajstić information content (AvgIpc) is 3.17. The molecule has 0 saturated heterocycles. The van der Waals surface area contributed by atoms with Gasteiger partial charge in [-0.25, -0.2) is 4.39 Å². The van der Waals surface area contributed by atoms with E-state index in [1.54, 1.807) is 24.3 Å². The molecule has 0 spiro atoms. The molecule has 4 aromatic rings. The molecule has 2 aromatic heterocycles. The number of benzene rings is 2. The van der Waals surface area contributed by atoms with Gasteiger partial charge in [0.2, 0.25) is 4.96 Å². The molecule has 134 valence electrons. The number of rotatable bonds is 3. The van der Waals surface area contributed by atoms with Crippen molar-refractivity contribution in [2.45, 2.75) is 0 Å². The van der Waals surface area contributed by atoms with Crippen molar-refractivity contribution >= 4 is 57.7 Å². The highest BCUT2D eigenvalue weighted by molar-refractivity contribution is 7.15. The molecule has 8 heteroatoms. The zero-order valence-electron chi connectivity index (χ0n) is 13.6. The van der Waals surface area contributed by atoms with E-state index in [-0.39, 0.29) is 16.1 Å². The van der Waals surface area contributed by atoms with E-state index in [2.05, 4.69) is 10.1 Å². The monoisotopic (exact) mass is 417 g/mol. The predicted molar refractivity (Wildman–Crippen MR) is 108 cm³/mol. The lowest BCUT2D eigenvalue weighted by molar-refractivity contribution is 0.625. The van der Waals surface area contributed by atoms with Crippen LogP contribution in [-0.2, 0) is 0 Å². The summed E-state index contributed by atoms with van der Waals surface area (Å²) >= 11 is 13.0. The minimum absolute atomic E-state index is 0.170. The number of hydrogen-bond donors (Lipinski definition) is 0. The topological polar surface area (TPSA) is 47.3 Å². The minimum Gasteiger partial charge on any atom is -0.266 e. The van der Waals surface area contributed by atoms with Crippen molar-refractivity contribution < 1.29 is 4.39 Å². The van der Waals surface area contributed by atoms with Crippen LogP contribution in [0.4, 0.5) is 4.39 Å². The van der Waals surface area contributed by atoms with Gasteiger partial charge in [-0.05, 0) is 42.0 Å². The third-order valence-electron chi connectivity index (χ3n) is 3.77. The lowest BCUT2D eigenvalue weighted by Gasteiger charge is -1.97. The summed E-state index contributed by atoms with van der Waals surface area (Å²) in [5, 5.41) is 5.09. The van der Waals surface area contributed by atoms with E-state index in [9.17, 15) is 9.18 Å². The number of hydrogen-bond acceptors (Lipinski definition) is 4. The van der Waals surface area contributed by atoms with E-state index in [1.165, 1.54) is 22.7 Å². The largest absolute Gasteiger partial charge is 0.291 e. The SMILES string of the molecule is O=c1c(=Cc2c(F)cccc2Cl)sc2nc(C=Cc3ccc(Cl)cc3)nn12. The van der Waals surface area contributed by atoms with Crippen LogP contribution in [-0.4, -0.2) is 14.6 Å². The van der Waals surface area contributed by atoms with Gasteiger partial charge in [-0.1, -0.05) is 58.8 Å². The van der Waals surface area contributed by atoms with E-state index >= 15 is 0 Å². The first-order valence-electron chi connectivity index (χ1n) is 7.80. The summed E-state index contributed by atoms with van der Waals surface area (Å²) in [5.74, 6) is -0.0868. The Morgan fingerprint density at radius 1 is 1.07 bits per heavy atom. The van der Waals surface area contributed by atoms with Gasteiger partial charge in [-0.15, -0.1) is 5.10 Å². The smallest absolute Gasteiger partial charge is 0.266 e. The molecule has 0 fully saturated rings. The van der Waals surface area contributed by atoms with Crippen LogP contribution in [0.25, 0.3) is 23.2 Å². The molecule has 0 aliphatic rings. The summed E-state index contributed by atoms with van der Waals surface area (Å²) in [6.07, 6.45) is 4.95. The Kier molecular flexibility index (Phi) is 4.78. The van der Waals surface area contributed by atoms with E-state index < -0.39 is 5.82 Å². The number of fused-ring (bicyclic) bond motifs is 1. The molecule has 0 atom stereocenters. The first-order chi connectivity index (χ1) is 13.0. The van der Waals surface area contributed by atoms with Gasteiger partial charge in [0.15, 0.2) is 5.82 Å². The summed E-state index contributed by atoms with van der Waals surface area (Å²) in [6.45, 7) is 0. The normalized spacial score (nSPS) is 12.5.